The second-order valence-electron chi connectivity index (χ2n) is 4.18. The monoisotopic (exact) mass is 301 g/mol. The first-order chi connectivity index (χ1) is 8.83. The average molecular weight is 302 g/mol. The van der Waals surface area contributed by atoms with E-state index in [1.165, 1.54) is 5.56 Å². The third kappa shape index (κ3) is 2.31. The van der Waals surface area contributed by atoms with E-state index in [9.17, 15) is 0 Å². The normalized spacial score (nSPS) is 18.3. The van der Waals surface area contributed by atoms with Crippen molar-refractivity contribution < 1.29 is 4.74 Å². The molecule has 1 aliphatic heterocycles. The number of aliphatic imine (C=N–C) groups is 1. The molecule has 0 bridgehead atoms. The van der Waals surface area contributed by atoms with Crippen LogP contribution >= 0.6 is 15.9 Å². The summed E-state index contributed by atoms with van der Waals surface area (Å²) in [5.74, 6) is 0.727. The van der Waals surface area contributed by atoms with Crippen molar-refractivity contribution in [3.8, 4) is 0 Å². The largest absolute Gasteiger partial charge is 0.475 e. The van der Waals surface area contributed by atoms with Crippen molar-refractivity contribution in [1.82, 2.24) is 0 Å². The van der Waals surface area contributed by atoms with E-state index in [1.54, 1.807) is 0 Å². The molecule has 0 saturated carbocycles. The standard InChI is InChI=1S/C15H12BrNO/c16-13-8-4-7-12(9-13)15-17-14(10-18-15)11-5-2-1-3-6-11/h1-9,14H,10H2. The van der Waals surface area contributed by atoms with E-state index in [0.29, 0.717) is 6.61 Å². The molecule has 1 unspecified atom stereocenters. The summed E-state index contributed by atoms with van der Waals surface area (Å²) in [4.78, 5) is 4.64. The number of benzene rings is 2. The first-order valence-corrected chi connectivity index (χ1v) is 6.64. The van der Waals surface area contributed by atoms with Gasteiger partial charge in [-0.15, -0.1) is 0 Å². The Morgan fingerprint density at radius 2 is 1.89 bits per heavy atom. The van der Waals surface area contributed by atoms with Crippen molar-refractivity contribution in [3.05, 3.63) is 70.2 Å². The molecule has 1 heterocycles. The molecule has 2 aromatic rings. The zero-order valence-corrected chi connectivity index (χ0v) is 11.3. The quantitative estimate of drug-likeness (QED) is 0.822. The molecule has 18 heavy (non-hydrogen) atoms. The Morgan fingerprint density at radius 1 is 1.06 bits per heavy atom. The fourth-order valence-corrected chi connectivity index (χ4v) is 2.40. The van der Waals surface area contributed by atoms with Crippen LogP contribution in [0, 0.1) is 0 Å². The van der Waals surface area contributed by atoms with E-state index in [-0.39, 0.29) is 6.04 Å². The molecule has 0 fully saturated rings. The molecular weight excluding hydrogens is 290 g/mol. The molecule has 0 N–H and O–H groups in total. The predicted molar refractivity (Wildman–Crippen MR) is 75.8 cm³/mol. The number of halogens is 1. The lowest BCUT2D eigenvalue weighted by atomic mass is 10.1. The van der Waals surface area contributed by atoms with Crippen molar-refractivity contribution in [2.45, 2.75) is 6.04 Å². The number of nitrogens with zero attached hydrogens (tertiary/aromatic N) is 1. The third-order valence-corrected chi connectivity index (χ3v) is 3.40. The lowest BCUT2D eigenvalue weighted by Crippen LogP contribution is -2.01. The predicted octanol–water partition coefficient (Wildman–Crippen LogP) is 3.97. The molecule has 0 aliphatic carbocycles. The number of ether oxygens (including phenoxy) is 1. The first kappa shape index (κ1) is 11.5. The van der Waals surface area contributed by atoms with Gasteiger partial charge in [0.15, 0.2) is 0 Å². The van der Waals surface area contributed by atoms with Gasteiger partial charge < -0.3 is 4.74 Å². The highest BCUT2D eigenvalue weighted by Gasteiger charge is 2.21. The summed E-state index contributed by atoms with van der Waals surface area (Å²) in [6.45, 7) is 0.617. The Morgan fingerprint density at radius 3 is 2.67 bits per heavy atom. The van der Waals surface area contributed by atoms with Gasteiger partial charge in [0.05, 0.1) is 0 Å². The van der Waals surface area contributed by atoms with Crippen molar-refractivity contribution in [2.24, 2.45) is 4.99 Å². The zero-order chi connectivity index (χ0) is 12.4. The minimum Gasteiger partial charge on any atom is -0.475 e. The van der Waals surface area contributed by atoms with Crippen LogP contribution in [-0.2, 0) is 4.74 Å². The Bertz CT molecular complexity index is 580. The maximum Gasteiger partial charge on any atom is 0.216 e. The Kier molecular flexibility index (Phi) is 3.15. The number of hydrogen-bond acceptors (Lipinski definition) is 2. The number of rotatable bonds is 2. The summed E-state index contributed by atoms with van der Waals surface area (Å²) in [5.41, 5.74) is 2.21. The lowest BCUT2D eigenvalue weighted by molar-refractivity contribution is 0.320. The van der Waals surface area contributed by atoms with E-state index < -0.39 is 0 Å². The maximum atomic E-state index is 5.69. The molecule has 0 amide bonds. The van der Waals surface area contributed by atoms with Gasteiger partial charge in [-0.1, -0.05) is 52.3 Å². The molecule has 0 radical (unpaired) electrons. The van der Waals surface area contributed by atoms with Gasteiger partial charge in [-0.2, -0.15) is 0 Å². The van der Waals surface area contributed by atoms with Crippen LogP contribution < -0.4 is 0 Å². The van der Waals surface area contributed by atoms with Crippen LogP contribution in [0.25, 0.3) is 0 Å². The van der Waals surface area contributed by atoms with E-state index in [4.69, 9.17) is 4.74 Å². The summed E-state index contributed by atoms with van der Waals surface area (Å²) in [6.07, 6.45) is 0. The molecule has 1 atom stereocenters. The van der Waals surface area contributed by atoms with Gasteiger partial charge in [0.1, 0.15) is 12.6 Å². The summed E-state index contributed by atoms with van der Waals surface area (Å²) >= 11 is 3.46. The van der Waals surface area contributed by atoms with Crippen molar-refractivity contribution in [1.29, 1.82) is 0 Å². The van der Waals surface area contributed by atoms with Crippen LogP contribution in [0.5, 0.6) is 0 Å². The fraction of sp³-hybridized carbons (Fsp3) is 0.133. The van der Waals surface area contributed by atoms with Crippen LogP contribution in [-0.4, -0.2) is 12.5 Å². The van der Waals surface area contributed by atoms with Gasteiger partial charge >= 0.3 is 0 Å². The van der Waals surface area contributed by atoms with Crippen LogP contribution in [0.2, 0.25) is 0 Å². The van der Waals surface area contributed by atoms with Gasteiger partial charge in [0.25, 0.3) is 0 Å². The van der Waals surface area contributed by atoms with Crippen LogP contribution in [0.1, 0.15) is 17.2 Å². The SMILES string of the molecule is Brc1cccc(C2=NC(c3ccccc3)CO2)c1. The molecule has 0 spiro atoms. The molecule has 2 nitrogen and oxygen atoms in total. The van der Waals surface area contributed by atoms with E-state index in [2.05, 4.69) is 33.1 Å². The summed E-state index contributed by atoms with van der Waals surface area (Å²) in [5, 5.41) is 0. The summed E-state index contributed by atoms with van der Waals surface area (Å²) in [7, 11) is 0. The Hall–Kier alpha value is -1.61. The zero-order valence-electron chi connectivity index (χ0n) is 9.71. The molecule has 0 saturated heterocycles. The van der Waals surface area contributed by atoms with Gasteiger partial charge in [0.2, 0.25) is 5.90 Å². The van der Waals surface area contributed by atoms with Crippen LogP contribution in [0.3, 0.4) is 0 Å². The minimum absolute atomic E-state index is 0.111. The molecule has 0 aromatic heterocycles. The summed E-state index contributed by atoms with van der Waals surface area (Å²) < 4.78 is 6.73. The van der Waals surface area contributed by atoms with E-state index in [1.807, 2.05) is 42.5 Å². The highest BCUT2D eigenvalue weighted by Crippen LogP contribution is 2.25. The maximum absolute atomic E-state index is 5.69. The lowest BCUT2D eigenvalue weighted by Gasteiger charge is -2.03. The van der Waals surface area contributed by atoms with E-state index >= 15 is 0 Å². The fourth-order valence-electron chi connectivity index (χ4n) is 2.00. The smallest absolute Gasteiger partial charge is 0.216 e. The molecule has 3 heteroatoms. The van der Waals surface area contributed by atoms with Crippen molar-refractivity contribution in [2.75, 3.05) is 6.61 Å². The molecule has 2 aromatic carbocycles. The molecule has 3 rings (SSSR count). The van der Waals surface area contributed by atoms with Gasteiger partial charge in [-0.05, 0) is 23.8 Å². The van der Waals surface area contributed by atoms with Gasteiger partial charge in [-0.25, -0.2) is 4.99 Å². The third-order valence-electron chi connectivity index (χ3n) is 2.91. The van der Waals surface area contributed by atoms with E-state index in [0.717, 1.165) is 15.9 Å². The van der Waals surface area contributed by atoms with Gasteiger partial charge in [0, 0.05) is 10.0 Å². The molecule has 90 valence electrons. The number of hydrogen-bond donors (Lipinski definition) is 0. The Balaban J connectivity index is 1.88. The topological polar surface area (TPSA) is 21.6 Å². The highest BCUT2D eigenvalue weighted by atomic mass is 79.9. The average Bonchev–Trinajstić information content (AvgIpc) is 2.89. The molecule has 1 aliphatic rings. The van der Waals surface area contributed by atoms with Gasteiger partial charge in [-0.3, -0.25) is 0 Å². The Labute approximate surface area is 114 Å². The second kappa shape index (κ2) is 4.94. The van der Waals surface area contributed by atoms with Crippen molar-refractivity contribution >= 4 is 21.8 Å². The van der Waals surface area contributed by atoms with Crippen molar-refractivity contribution in [3.63, 3.8) is 0 Å². The molecular formula is C15H12BrNO. The summed E-state index contributed by atoms with van der Waals surface area (Å²) in [6, 6.07) is 18.4. The minimum atomic E-state index is 0.111. The van der Waals surface area contributed by atoms with Crippen LogP contribution in [0.4, 0.5) is 0 Å². The first-order valence-electron chi connectivity index (χ1n) is 5.84. The second-order valence-corrected chi connectivity index (χ2v) is 5.10. The van der Waals surface area contributed by atoms with Crippen LogP contribution in [0.15, 0.2) is 64.1 Å². The highest BCUT2D eigenvalue weighted by molar-refractivity contribution is 9.10.